The van der Waals surface area contributed by atoms with Gasteiger partial charge in [-0.3, -0.25) is 4.79 Å². The van der Waals surface area contributed by atoms with E-state index in [1.807, 2.05) is 24.3 Å². The molecule has 118 valence electrons. The van der Waals surface area contributed by atoms with Gasteiger partial charge >= 0.3 is 0 Å². The molecule has 0 aliphatic rings. The summed E-state index contributed by atoms with van der Waals surface area (Å²) >= 11 is 0. The van der Waals surface area contributed by atoms with Gasteiger partial charge in [0.2, 0.25) is 5.91 Å². The van der Waals surface area contributed by atoms with E-state index in [4.69, 9.17) is 5.73 Å². The van der Waals surface area contributed by atoms with E-state index in [1.165, 1.54) is 25.7 Å². The lowest BCUT2D eigenvalue weighted by Crippen LogP contribution is -2.26. The van der Waals surface area contributed by atoms with Crippen LogP contribution in [-0.4, -0.2) is 12.5 Å². The average molecular weight is 290 g/mol. The van der Waals surface area contributed by atoms with E-state index in [0.717, 1.165) is 30.0 Å². The molecule has 0 unspecified atom stereocenters. The smallest absolute Gasteiger partial charge is 0.224 e. The Labute approximate surface area is 129 Å². The van der Waals surface area contributed by atoms with Gasteiger partial charge in [0, 0.05) is 13.1 Å². The van der Waals surface area contributed by atoms with Crippen molar-refractivity contribution in [2.45, 2.75) is 58.9 Å². The number of nitrogens with one attached hydrogen (secondary N) is 1. The van der Waals surface area contributed by atoms with Crippen molar-refractivity contribution in [2.75, 3.05) is 6.54 Å². The Morgan fingerprint density at radius 2 is 1.76 bits per heavy atom. The lowest BCUT2D eigenvalue weighted by Gasteiger charge is -2.09. The lowest BCUT2D eigenvalue weighted by molar-refractivity contribution is -0.120. The first kappa shape index (κ1) is 17.7. The van der Waals surface area contributed by atoms with Gasteiger partial charge < -0.3 is 11.1 Å². The van der Waals surface area contributed by atoms with Gasteiger partial charge in [0.05, 0.1) is 6.42 Å². The van der Waals surface area contributed by atoms with Crippen LogP contribution in [0.3, 0.4) is 0 Å². The molecule has 0 fully saturated rings. The molecular formula is C18H30N2O. The minimum atomic E-state index is 0.0954. The zero-order valence-electron chi connectivity index (χ0n) is 13.5. The lowest BCUT2D eigenvalue weighted by atomic mass is 10.0. The standard InChI is InChI=1S/C18H30N2O/c1-15(2)9-5-3-4-8-12-20-18(21)13-16-10-6-7-11-17(16)14-19/h6-7,10-11,15H,3-5,8-9,12-14,19H2,1-2H3,(H,20,21). The van der Waals surface area contributed by atoms with E-state index in [-0.39, 0.29) is 5.91 Å². The number of carbonyl (C=O) groups excluding carboxylic acids is 1. The van der Waals surface area contributed by atoms with Gasteiger partial charge in [-0.25, -0.2) is 0 Å². The highest BCUT2D eigenvalue weighted by Gasteiger charge is 2.06. The summed E-state index contributed by atoms with van der Waals surface area (Å²) < 4.78 is 0. The molecule has 0 aliphatic carbocycles. The Morgan fingerprint density at radius 1 is 1.10 bits per heavy atom. The fourth-order valence-corrected chi connectivity index (χ4v) is 2.42. The molecule has 0 aromatic heterocycles. The summed E-state index contributed by atoms with van der Waals surface area (Å²) in [7, 11) is 0. The van der Waals surface area contributed by atoms with Gasteiger partial charge in [-0.05, 0) is 23.5 Å². The van der Waals surface area contributed by atoms with E-state index in [1.54, 1.807) is 0 Å². The summed E-state index contributed by atoms with van der Waals surface area (Å²) in [5.41, 5.74) is 7.78. The molecule has 1 rings (SSSR count). The Morgan fingerprint density at radius 3 is 2.43 bits per heavy atom. The van der Waals surface area contributed by atoms with Crippen LogP contribution in [-0.2, 0) is 17.8 Å². The summed E-state index contributed by atoms with van der Waals surface area (Å²) in [5.74, 6) is 0.894. The van der Waals surface area contributed by atoms with Crippen molar-refractivity contribution < 1.29 is 4.79 Å². The molecule has 3 N–H and O–H groups in total. The van der Waals surface area contributed by atoms with Gasteiger partial charge in [0.1, 0.15) is 0 Å². The molecule has 0 atom stereocenters. The van der Waals surface area contributed by atoms with Gasteiger partial charge in [-0.15, -0.1) is 0 Å². The molecule has 0 bridgehead atoms. The predicted molar refractivity (Wildman–Crippen MR) is 89.0 cm³/mol. The number of amides is 1. The van der Waals surface area contributed by atoms with E-state index in [0.29, 0.717) is 13.0 Å². The second-order valence-corrected chi connectivity index (χ2v) is 6.10. The summed E-state index contributed by atoms with van der Waals surface area (Å²) in [5, 5.41) is 3.00. The topological polar surface area (TPSA) is 55.1 Å². The molecular weight excluding hydrogens is 260 g/mol. The molecule has 0 aliphatic heterocycles. The van der Waals surface area contributed by atoms with Crippen LogP contribution in [0.5, 0.6) is 0 Å². The molecule has 21 heavy (non-hydrogen) atoms. The van der Waals surface area contributed by atoms with Crippen molar-refractivity contribution in [1.82, 2.24) is 5.32 Å². The molecule has 0 spiro atoms. The normalized spacial score (nSPS) is 10.9. The zero-order chi connectivity index (χ0) is 15.5. The summed E-state index contributed by atoms with van der Waals surface area (Å²) in [6, 6.07) is 7.88. The molecule has 3 nitrogen and oxygen atoms in total. The van der Waals surface area contributed by atoms with E-state index < -0.39 is 0 Å². The largest absolute Gasteiger partial charge is 0.356 e. The van der Waals surface area contributed by atoms with Gasteiger partial charge in [0.15, 0.2) is 0 Å². The Kier molecular flexibility index (Phi) is 8.76. The number of hydrogen-bond donors (Lipinski definition) is 2. The third kappa shape index (κ3) is 7.86. The summed E-state index contributed by atoms with van der Waals surface area (Å²) in [4.78, 5) is 11.9. The fraction of sp³-hybridized carbons (Fsp3) is 0.611. The molecule has 0 heterocycles. The van der Waals surface area contributed by atoms with Gasteiger partial charge in [0.25, 0.3) is 0 Å². The van der Waals surface area contributed by atoms with Crippen LogP contribution in [0.1, 0.15) is 57.1 Å². The summed E-state index contributed by atoms with van der Waals surface area (Å²) in [6.07, 6.45) is 6.58. The molecule has 1 amide bonds. The third-order valence-corrected chi connectivity index (χ3v) is 3.72. The van der Waals surface area contributed by atoms with Crippen LogP contribution < -0.4 is 11.1 Å². The van der Waals surface area contributed by atoms with Crippen LogP contribution in [0.25, 0.3) is 0 Å². The van der Waals surface area contributed by atoms with E-state index in [2.05, 4.69) is 19.2 Å². The highest BCUT2D eigenvalue weighted by molar-refractivity contribution is 5.78. The number of unbranched alkanes of at least 4 members (excludes halogenated alkanes) is 3. The van der Waals surface area contributed by atoms with E-state index in [9.17, 15) is 4.79 Å². The van der Waals surface area contributed by atoms with Crippen molar-refractivity contribution in [3.63, 3.8) is 0 Å². The van der Waals surface area contributed by atoms with E-state index >= 15 is 0 Å². The highest BCUT2D eigenvalue weighted by Crippen LogP contribution is 2.10. The Balaban J connectivity index is 2.14. The average Bonchev–Trinajstić information content (AvgIpc) is 2.46. The first-order valence-corrected chi connectivity index (χ1v) is 8.17. The Hall–Kier alpha value is -1.35. The van der Waals surface area contributed by atoms with Crippen molar-refractivity contribution in [1.29, 1.82) is 0 Å². The maximum atomic E-state index is 11.9. The van der Waals surface area contributed by atoms with Crippen molar-refractivity contribution >= 4 is 5.91 Å². The molecule has 0 saturated carbocycles. The predicted octanol–water partition coefficient (Wildman–Crippen LogP) is 3.41. The van der Waals surface area contributed by atoms with Crippen molar-refractivity contribution in [3.8, 4) is 0 Å². The van der Waals surface area contributed by atoms with Crippen LogP contribution in [0.15, 0.2) is 24.3 Å². The first-order valence-electron chi connectivity index (χ1n) is 8.17. The van der Waals surface area contributed by atoms with Crippen LogP contribution >= 0.6 is 0 Å². The second kappa shape index (κ2) is 10.4. The van der Waals surface area contributed by atoms with Crippen LogP contribution in [0, 0.1) is 5.92 Å². The Bertz CT molecular complexity index is 415. The maximum Gasteiger partial charge on any atom is 0.224 e. The quantitative estimate of drug-likeness (QED) is 0.649. The molecule has 0 saturated heterocycles. The van der Waals surface area contributed by atoms with Gasteiger partial charge in [-0.1, -0.05) is 63.8 Å². The summed E-state index contributed by atoms with van der Waals surface area (Å²) in [6.45, 7) is 5.80. The van der Waals surface area contributed by atoms with Crippen LogP contribution in [0.4, 0.5) is 0 Å². The SMILES string of the molecule is CC(C)CCCCCCNC(=O)Cc1ccccc1CN. The molecule has 0 radical (unpaired) electrons. The monoisotopic (exact) mass is 290 g/mol. The highest BCUT2D eigenvalue weighted by atomic mass is 16.1. The molecule has 1 aromatic rings. The number of carbonyl (C=O) groups is 1. The van der Waals surface area contributed by atoms with Crippen LogP contribution in [0.2, 0.25) is 0 Å². The number of benzene rings is 1. The molecule has 3 heteroatoms. The number of rotatable bonds is 10. The minimum absolute atomic E-state index is 0.0954. The van der Waals surface area contributed by atoms with Gasteiger partial charge in [-0.2, -0.15) is 0 Å². The zero-order valence-corrected chi connectivity index (χ0v) is 13.5. The fourth-order valence-electron chi connectivity index (χ4n) is 2.42. The second-order valence-electron chi connectivity index (χ2n) is 6.10. The molecule has 1 aromatic carbocycles. The number of hydrogen-bond acceptors (Lipinski definition) is 2. The number of nitrogens with two attached hydrogens (primary N) is 1. The minimum Gasteiger partial charge on any atom is -0.356 e. The maximum absolute atomic E-state index is 11.9. The third-order valence-electron chi connectivity index (χ3n) is 3.72. The van der Waals surface area contributed by atoms with Crippen molar-refractivity contribution in [2.24, 2.45) is 11.7 Å². The van der Waals surface area contributed by atoms with Crippen molar-refractivity contribution in [3.05, 3.63) is 35.4 Å². The first-order chi connectivity index (χ1) is 10.1.